The van der Waals surface area contributed by atoms with Crippen molar-refractivity contribution in [1.29, 1.82) is 0 Å². The first-order chi connectivity index (χ1) is 25.3. The van der Waals surface area contributed by atoms with Crippen molar-refractivity contribution in [3.8, 4) is 56.4 Å². The second-order valence-electron chi connectivity index (χ2n) is 12.9. The van der Waals surface area contributed by atoms with E-state index in [0.29, 0.717) is 17.5 Å². The van der Waals surface area contributed by atoms with E-state index in [1.54, 1.807) is 0 Å². The van der Waals surface area contributed by atoms with Crippen molar-refractivity contribution in [2.24, 2.45) is 0 Å². The summed E-state index contributed by atoms with van der Waals surface area (Å²) in [7, 11) is 0. The minimum atomic E-state index is -0.0203. The number of nitrogens with zero attached hydrogens (tertiary/aromatic N) is 5. The predicted molar refractivity (Wildman–Crippen MR) is 210 cm³/mol. The Morgan fingerprint density at radius 3 is 1.49 bits per heavy atom. The van der Waals surface area contributed by atoms with Gasteiger partial charge >= 0.3 is 6.98 Å². The Hall–Kier alpha value is -6.79. The van der Waals surface area contributed by atoms with Gasteiger partial charge in [0.15, 0.2) is 17.5 Å². The average molecular weight is 652 g/mol. The van der Waals surface area contributed by atoms with E-state index < -0.39 is 0 Å². The summed E-state index contributed by atoms with van der Waals surface area (Å²) in [6.07, 6.45) is 0. The molecule has 0 amide bonds. The summed E-state index contributed by atoms with van der Waals surface area (Å²) in [4.78, 5) is 19.8. The molecule has 0 saturated carbocycles. The van der Waals surface area contributed by atoms with Crippen LogP contribution in [-0.4, -0.2) is 21.9 Å². The van der Waals surface area contributed by atoms with E-state index in [2.05, 4.69) is 131 Å². The number of para-hydroxylation sites is 3. The number of benzene rings is 7. The van der Waals surface area contributed by atoms with Crippen LogP contribution < -0.4 is 15.1 Å². The van der Waals surface area contributed by atoms with Crippen LogP contribution >= 0.6 is 0 Å². The van der Waals surface area contributed by atoms with Crippen LogP contribution in [0.4, 0.5) is 22.7 Å². The highest BCUT2D eigenvalue weighted by atomic mass is 15.3. The largest absolute Gasteiger partial charge is 0.421 e. The molecular weight excluding hydrogens is 621 g/mol. The monoisotopic (exact) mass is 651 g/mol. The minimum Gasteiger partial charge on any atom is -0.360 e. The lowest BCUT2D eigenvalue weighted by atomic mass is 9.59. The van der Waals surface area contributed by atoms with E-state index in [-0.39, 0.29) is 6.98 Å². The van der Waals surface area contributed by atoms with E-state index in [4.69, 9.17) is 15.0 Å². The Morgan fingerprint density at radius 2 is 0.804 bits per heavy atom. The molecule has 0 unspecified atom stereocenters. The lowest BCUT2D eigenvalue weighted by Gasteiger charge is -2.36. The van der Waals surface area contributed by atoms with Crippen LogP contribution in [0.15, 0.2) is 182 Å². The second-order valence-corrected chi connectivity index (χ2v) is 12.9. The molecule has 2 aliphatic heterocycles. The fourth-order valence-corrected chi connectivity index (χ4v) is 7.56. The Labute approximate surface area is 297 Å². The van der Waals surface area contributed by atoms with Crippen molar-refractivity contribution in [3.63, 3.8) is 0 Å². The summed E-state index contributed by atoms with van der Waals surface area (Å²) in [6.45, 7) is -0.0203. The van der Waals surface area contributed by atoms with Gasteiger partial charge < -0.3 is 9.62 Å². The third-order valence-corrected chi connectivity index (χ3v) is 9.86. The third-order valence-electron chi connectivity index (χ3n) is 9.86. The molecule has 0 bridgehead atoms. The van der Waals surface area contributed by atoms with Gasteiger partial charge in [-0.1, -0.05) is 146 Å². The van der Waals surface area contributed by atoms with Gasteiger partial charge in [0.25, 0.3) is 0 Å². The van der Waals surface area contributed by atoms with E-state index in [9.17, 15) is 0 Å². The first-order valence-corrected chi connectivity index (χ1v) is 17.2. The highest BCUT2D eigenvalue weighted by Crippen LogP contribution is 2.51. The number of rotatable bonds is 5. The minimum absolute atomic E-state index is 0.0203. The summed E-state index contributed by atoms with van der Waals surface area (Å²) in [5.74, 6) is 1.94. The zero-order chi connectivity index (χ0) is 33.7. The van der Waals surface area contributed by atoms with Crippen LogP contribution in [0, 0.1) is 0 Å². The fourth-order valence-electron chi connectivity index (χ4n) is 7.56. The average Bonchev–Trinajstić information content (AvgIpc) is 3.57. The molecule has 0 radical (unpaired) electrons. The number of aromatic nitrogens is 3. The number of fused-ring (bicyclic) bond motifs is 8. The molecule has 51 heavy (non-hydrogen) atoms. The van der Waals surface area contributed by atoms with Gasteiger partial charge in [-0.25, -0.2) is 15.0 Å². The molecule has 3 heterocycles. The molecular formula is C45H30BN5. The molecule has 0 fully saturated rings. The van der Waals surface area contributed by atoms with E-state index >= 15 is 0 Å². The lowest BCUT2D eigenvalue weighted by molar-refractivity contribution is 1.07. The van der Waals surface area contributed by atoms with E-state index in [1.807, 2.05) is 60.7 Å². The normalized spacial score (nSPS) is 12.6. The van der Waals surface area contributed by atoms with Crippen LogP contribution in [-0.2, 0) is 0 Å². The molecule has 10 rings (SSSR count). The SMILES string of the molecule is c1ccc(-c2nc(-c3ccccc3)nc(-c3cccc(-c4cccc(N5B6c7ccccc7-c7ccccc7N6c6ccccc65)c4)c3)n2)cc1. The highest BCUT2D eigenvalue weighted by Gasteiger charge is 2.47. The van der Waals surface area contributed by atoms with Gasteiger partial charge in [-0.15, -0.1) is 0 Å². The highest BCUT2D eigenvalue weighted by molar-refractivity contribution is 6.86. The number of anilines is 4. The van der Waals surface area contributed by atoms with Crippen molar-refractivity contribution in [1.82, 2.24) is 15.0 Å². The summed E-state index contributed by atoms with van der Waals surface area (Å²) < 4.78 is 0. The number of hydrogen-bond donors (Lipinski definition) is 0. The summed E-state index contributed by atoms with van der Waals surface area (Å²) in [5.41, 5.74) is 13.6. The van der Waals surface area contributed by atoms with Crippen molar-refractivity contribution in [3.05, 3.63) is 182 Å². The first-order valence-electron chi connectivity index (χ1n) is 17.2. The second kappa shape index (κ2) is 12.0. The molecule has 238 valence electrons. The molecule has 0 atom stereocenters. The Bertz CT molecular complexity index is 2510. The Kier molecular flexibility index (Phi) is 6.84. The van der Waals surface area contributed by atoms with Crippen LogP contribution in [0.25, 0.3) is 56.4 Å². The van der Waals surface area contributed by atoms with Crippen LogP contribution in [0.2, 0.25) is 0 Å². The Morgan fingerprint density at radius 1 is 0.333 bits per heavy atom. The number of hydrogen-bond acceptors (Lipinski definition) is 5. The van der Waals surface area contributed by atoms with E-state index in [1.165, 1.54) is 33.7 Å². The smallest absolute Gasteiger partial charge is 0.360 e. The third kappa shape index (κ3) is 4.91. The maximum absolute atomic E-state index is 4.99. The lowest BCUT2D eigenvalue weighted by Crippen LogP contribution is -2.55. The standard InChI is InChI=1S/C45H30BN5/c1-3-15-31(16-4-1)43-47-44(32-17-5-2-6-18-32)49-45(48-43)35-21-13-19-33(29-35)34-20-14-22-36(30-34)50-41-27-11-12-28-42(41)51-40-26-10-8-24-38(40)37-23-7-9-25-39(37)46(50)51/h1-30H. The van der Waals surface area contributed by atoms with Gasteiger partial charge in [0.05, 0.1) is 11.4 Å². The van der Waals surface area contributed by atoms with Gasteiger partial charge in [-0.2, -0.15) is 0 Å². The molecule has 1 aromatic heterocycles. The molecule has 0 saturated heterocycles. The maximum Gasteiger partial charge on any atom is 0.421 e. The Balaban J connectivity index is 1.08. The molecule has 0 aliphatic carbocycles. The molecule has 5 nitrogen and oxygen atoms in total. The molecule has 6 heteroatoms. The van der Waals surface area contributed by atoms with Gasteiger partial charge in [0, 0.05) is 33.6 Å². The molecule has 2 aliphatic rings. The van der Waals surface area contributed by atoms with Crippen molar-refractivity contribution in [2.75, 3.05) is 9.62 Å². The van der Waals surface area contributed by atoms with Crippen LogP contribution in [0.3, 0.4) is 0 Å². The summed E-state index contributed by atoms with van der Waals surface area (Å²) in [5, 5.41) is 0. The van der Waals surface area contributed by atoms with Crippen molar-refractivity contribution in [2.45, 2.75) is 0 Å². The fraction of sp³-hybridized carbons (Fsp3) is 0. The quantitative estimate of drug-likeness (QED) is 0.173. The summed E-state index contributed by atoms with van der Waals surface area (Å²) in [6, 6.07) is 63.9. The molecule has 0 N–H and O–H groups in total. The zero-order valence-electron chi connectivity index (χ0n) is 27.6. The summed E-state index contributed by atoms with van der Waals surface area (Å²) >= 11 is 0. The van der Waals surface area contributed by atoms with Gasteiger partial charge in [0.2, 0.25) is 0 Å². The maximum atomic E-state index is 4.99. The molecule has 8 aromatic rings. The van der Waals surface area contributed by atoms with Gasteiger partial charge in [-0.3, -0.25) is 0 Å². The first kappa shape index (κ1) is 29.2. The molecule has 7 aromatic carbocycles. The van der Waals surface area contributed by atoms with Crippen LogP contribution in [0.5, 0.6) is 0 Å². The predicted octanol–water partition coefficient (Wildman–Crippen LogP) is 10.2. The van der Waals surface area contributed by atoms with Crippen LogP contribution in [0.1, 0.15) is 0 Å². The van der Waals surface area contributed by atoms with Crippen molar-refractivity contribution < 1.29 is 0 Å². The van der Waals surface area contributed by atoms with Gasteiger partial charge in [0.1, 0.15) is 0 Å². The van der Waals surface area contributed by atoms with Gasteiger partial charge in [-0.05, 0) is 58.6 Å². The topological polar surface area (TPSA) is 45.2 Å². The zero-order valence-corrected chi connectivity index (χ0v) is 27.6. The van der Waals surface area contributed by atoms with E-state index in [0.717, 1.165) is 33.5 Å². The van der Waals surface area contributed by atoms with Crippen molar-refractivity contribution >= 4 is 35.2 Å². The molecule has 0 spiro atoms.